The largest absolute Gasteiger partial charge is 0.385 e. The van der Waals surface area contributed by atoms with E-state index < -0.39 is 21.2 Å². The molecule has 154 valence electrons. The van der Waals surface area contributed by atoms with E-state index in [0.29, 0.717) is 5.69 Å². The first kappa shape index (κ1) is 21.9. The molecule has 0 saturated heterocycles. The maximum Gasteiger partial charge on any atom is 0.348 e. The number of hydrogen-bond acceptors (Lipinski definition) is 7. The van der Waals surface area contributed by atoms with Crippen LogP contribution in [0.3, 0.4) is 0 Å². The predicted octanol–water partition coefficient (Wildman–Crippen LogP) is 6.69. The Morgan fingerprint density at radius 2 is 1.38 bits per heavy atom. The number of azo groups is 1. The van der Waals surface area contributed by atoms with Crippen LogP contribution in [0.25, 0.3) is 0 Å². The Hall–Kier alpha value is -3.36. The van der Waals surface area contributed by atoms with Crippen LogP contribution in [0.1, 0.15) is 45.4 Å². The summed E-state index contributed by atoms with van der Waals surface area (Å²) < 4.78 is 0. The van der Waals surface area contributed by atoms with E-state index in [1.807, 2.05) is 12.1 Å². The second-order valence-electron chi connectivity index (χ2n) is 6.63. The quantitative estimate of drug-likeness (QED) is 0.184. The van der Waals surface area contributed by atoms with Crippen LogP contribution in [-0.4, -0.2) is 16.4 Å². The first-order valence-corrected chi connectivity index (χ1v) is 9.69. The van der Waals surface area contributed by atoms with Gasteiger partial charge in [-0.15, -0.1) is 0 Å². The molecule has 0 unspecified atom stereocenters. The first-order valence-electron chi connectivity index (χ1n) is 9.69. The van der Waals surface area contributed by atoms with E-state index in [2.05, 4.69) is 22.5 Å². The summed E-state index contributed by atoms with van der Waals surface area (Å²) in [5.41, 5.74) is 0.558. The van der Waals surface area contributed by atoms with Crippen molar-refractivity contribution < 1.29 is 9.85 Å². The van der Waals surface area contributed by atoms with Gasteiger partial charge in [0, 0.05) is 18.3 Å². The van der Waals surface area contributed by atoms with Gasteiger partial charge in [-0.1, -0.05) is 39.0 Å². The van der Waals surface area contributed by atoms with Crippen LogP contribution in [-0.2, 0) is 0 Å². The Labute approximate surface area is 169 Å². The lowest BCUT2D eigenvalue weighted by atomic mass is 10.1. The average Bonchev–Trinajstić information content (AvgIpc) is 2.72. The normalized spacial score (nSPS) is 10.9. The molecule has 9 nitrogen and oxygen atoms in total. The van der Waals surface area contributed by atoms with Crippen molar-refractivity contribution in [3.63, 3.8) is 0 Å². The molecule has 0 radical (unpaired) electrons. The molecule has 0 aliphatic heterocycles. The van der Waals surface area contributed by atoms with Crippen molar-refractivity contribution >= 4 is 28.4 Å². The van der Waals surface area contributed by atoms with Crippen LogP contribution in [0.2, 0.25) is 0 Å². The van der Waals surface area contributed by atoms with Gasteiger partial charge in [0.05, 0.1) is 27.3 Å². The Morgan fingerprint density at radius 3 is 2.03 bits per heavy atom. The summed E-state index contributed by atoms with van der Waals surface area (Å²) in [4.78, 5) is 20.2. The van der Waals surface area contributed by atoms with Crippen LogP contribution in [0.4, 0.5) is 28.4 Å². The lowest BCUT2D eigenvalue weighted by Gasteiger charge is -2.06. The second-order valence-corrected chi connectivity index (χ2v) is 6.63. The summed E-state index contributed by atoms with van der Waals surface area (Å²) in [5, 5.41) is 33.2. The van der Waals surface area contributed by atoms with Gasteiger partial charge in [0.25, 0.3) is 0 Å². The summed E-state index contributed by atoms with van der Waals surface area (Å²) >= 11 is 0. The summed E-state index contributed by atoms with van der Waals surface area (Å²) in [6.45, 7) is 3.12. The van der Waals surface area contributed by atoms with E-state index in [1.165, 1.54) is 38.2 Å². The van der Waals surface area contributed by atoms with Crippen molar-refractivity contribution in [2.75, 3.05) is 11.9 Å². The molecular formula is C20H25N5O4. The third kappa shape index (κ3) is 7.28. The van der Waals surface area contributed by atoms with Gasteiger partial charge in [-0.05, 0) is 36.8 Å². The molecule has 0 aliphatic rings. The van der Waals surface area contributed by atoms with Gasteiger partial charge in [0.2, 0.25) is 0 Å². The van der Waals surface area contributed by atoms with Gasteiger partial charge in [-0.25, -0.2) is 0 Å². The van der Waals surface area contributed by atoms with Crippen LogP contribution in [0.15, 0.2) is 52.7 Å². The van der Waals surface area contributed by atoms with Crippen molar-refractivity contribution in [2.24, 2.45) is 10.2 Å². The summed E-state index contributed by atoms with van der Waals surface area (Å²) in [6, 6.07) is 10.8. The number of benzene rings is 2. The van der Waals surface area contributed by atoms with Crippen LogP contribution < -0.4 is 5.32 Å². The fourth-order valence-electron chi connectivity index (χ4n) is 2.77. The highest BCUT2D eigenvalue weighted by molar-refractivity contribution is 5.60. The highest BCUT2D eigenvalue weighted by atomic mass is 16.6. The van der Waals surface area contributed by atoms with Crippen molar-refractivity contribution in [3.05, 3.63) is 62.7 Å². The number of rotatable bonds is 12. The number of unbranched alkanes of at least 4 members (excludes halogenated alkanes) is 5. The Kier molecular flexibility index (Phi) is 8.68. The Bertz CT molecular complexity index is 852. The van der Waals surface area contributed by atoms with Gasteiger partial charge in [-0.3, -0.25) is 20.2 Å². The maximum absolute atomic E-state index is 11.0. The van der Waals surface area contributed by atoms with E-state index >= 15 is 0 Å². The third-order valence-electron chi connectivity index (χ3n) is 4.36. The van der Waals surface area contributed by atoms with Crippen molar-refractivity contribution in [2.45, 2.75) is 45.4 Å². The first-order chi connectivity index (χ1) is 14.0. The fourth-order valence-corrected chi connectivity index (χ4v) is 2.77. The van der Waals surface area contributed by atoms with Crippen molar-refractivity contribution in [3.8, 4) is 0 Å². The van der Waals surface area contributed by atoms with Crippen LogP contribution in [0, 0.1) is 20.2 Å². The summed E-state index contributed by atoms with van der Waals surface area (Å²) in [6.07, 6.45) is 7.48. The van der Waals surface area contributed by atoms with E-state index in [-0.39, 0.29) is 5.69 Å². The van der Waals surface area contributed by atoms with Crippen molar-refractivity contribution in [1.29, 1.82) is 0 Å². The molecule has 29 heavy (non-hydrogen) atoms. The SMILES string of the molecule is CCCCCCCCNc1ccc(/N=N/c2ccc([N+](=O)[O-])c([N+](=O)[O-])c2)cc1. The number of nitro groups is 2. The van der Waals surface area contributed by atoms with Gasteiger partial charge in [-0.2, -0.15) is 10.2 Å². The lowest BCUT2D eigenvalue weighted by molar-refractivity contribution is -0.422. The summed E-state index contributed by atoms with van der Waals surface area (Å²) in [7, 11) is 0. The molecule has 0 amide bonds. The molecule has 0 fully saturated rings. The molecule has 2 aromatic rings. The molecule has 2 aromatic carbocycles. The van der Waals surface area contributed by atoms with Gasteiger partial charge < -0.3 is 5.32 Å². The standard InChI is InChI=1S/C20H25N5O4/c1-2-3-4-5-6-7-14-21-16-8-10-17(11-9-16)22-23-18-12-13-19(24(26)27)20(15-18)25(28)29/h8-13,15,21H,2-7,14H2,1H3/b23-22+. The van der Waals surface area contributed by atoms with Crippen molar-refractivity contribution in [1.82, 2.24) is 0 Å². The predicted molar refractivity (Wildman–Crippen MR) is 112 cm³/mol. The highest BCUT2D eigenvalue weighted by Gasteiger charge is 2.24. The maximum atomic E-state index is 11.0. The lowest BCUT2D eigenvalue weighted by Crippen LogP contribution is -2.00. The molecule has 0 aromatic heterocycles. The molecule has 2 rings (SSSR count). The minimum absolute atomic E-state index is 0.174. The number of anilines is 1. The molecule has 0 spiro atoms. The molecule has 9 heteroatoms. The third-order valence-corrected chi connectivity index (χ3v) is 4.36. The molecule has 0 aliphatic carbocycles. The smallest absolute Gasteiger partial charge is 0.348 e. The molecule has 0 heterocycles. The zero-order valence-electron chi connectivity index (χ0n) is 16.4. The van der Waals surface area contributed by atoms with Crippen LogP contribution in [0.5, 0.6) is 0 Å². The molecule has 1 N–H and O–H groups in total. The number of hydrogen-bond donors (Lipinski definition) is 1. The zero-order valence-corrected chi connectivity index (χ0v) is 16.4. The Balaban J connectivity index is 1.89. The topological polar surface area (TPSA) is 123 Å². The zero-order chi connectivity index (χ0) is 21.1. The van der Waals surface area contributed by atoms with Crippen LogP contribution >= 0.6 is 0 Å². The van der Waals surface area contributed by atoms with Gasteiger partial charge in [0.15, 0.2) is 0 Å². The minimum atomic E-state index is -0.804. The molecule has 0 saturated carbocycles. The Morgan fingerprint density at radius 1 is 0.793 bits per heavy atom. The average molecular weight is 399 g/mol. The molecule has 0 bridgehead atoms. The number of nitrogens with one attached hydrogen (secondary N) is 1. The van der Waals surface area contributed by atoms with E-state index in [1.54, 1.807) is 12.1 Å². The second kappa shape index (κ2) is 11.5. The van der Waals surface area contributed by atoms with Gasteiger partial charge >= 0.3 is 11.4 Å². The number of nitro benzene ring substituents is 2. The minimum Gasteiger partial charge on any atom is -0.385 e. The number of nitrogens with zero attached hydrogens (tertiary/aromatic N) is 4. The highest BCUT2D eigenvalue weighted by Crippen LogP contribution is 2.31. The van der Waals surface area contributed by atoms with E-state index in [0.717, 1.165) is 30.8 Å². The molecule has 0 atom stereocenters. The fraction of sp³-hybridized carbons (Fsp3) is 0.400. The summed E-state index contributed by atoms with van der Waals surface area (Å²) in [5.74, 6) is 0. The molecular weight excluding hydrogens is 374 g/mol. The van der Waals surface area contributed by atoms with Gasteiger partial charge in [0.1, 0.15) is 0 Å². The monoisotopic (exact) mass is 399 g/mol. The van der Waals surface area contributed by atoms with E-state index in [4.69, 9.17) is 0 Å². The van der Waals surface area contributed by atoms with E-state index in [9.17, 15) is 20.2 Å².